The average Bonchev–Trinajstić information content (AvgIpc) is 2.41. The quantitative estimate of drug-likeness (QED) is 0.620. The summed E-state index contributed by atoms with van der Waals surface area (Å²) >= 11 is 0. The maximum atomic E-state index is 11.7. The minimum atomic E-state index is -3.25. The van der Waals surface area contributed by atoms with E-state index in [4.69, 9.17) is 0 Å². The molecule has 0 aromatic heterocycles. The van der Waals surface area contributed by atoms with Gasteiger partial charge in [0.05, 0.1) is 5.75 Å². The molecule has 0 aliphatic rings. The van der Waals surface area contributed by atoms with Crippen LogP contribution >= 0.6 is 0 Å². The van der Waals surface area contributed by atoms with Gasteiger partial charge in [-0.25, -0.2) is 13.1 Å². The fraction of sp³-hybridized carbons (Fsp3) is 0.462. The van der Waals surface area contributed by atoms with Crippen LogP contribution < -0.4 is 10.0 Å². The number of phenols is 1. The third-order valence-corrected chi connectivity index (χ3v) is 4.08. The normalized spacial score (nSPS) is 11.2. The molecule has 1 aromatic carbocycles. The van der Waals surface area contributed by atoms with Gasteiger partial charge in [-0.05, 0) is 24.6 Å². The first-order valence-electron chi connectivity index (χ1n) is 6.49. The van der Waals surface area contributed by atoms with Crippen LogP contribution in [0, 0.1) is 0 Å². The second-order valence-electron chi connectivity index (χ2n) is 4.37. The third kappa shape index (κ3) is 6.03. The summed E-state index contributed by atoms with van der Waals surface area (Å²) in [6.45, 7) is 2.27. The summed E-state index contributed by atoms with van der Waals surface area (Å²) in [5.74, 6) is -0.240. The lowest BCUT2D eigenvalue weighted by atomic mass is 10.2. The lowest BCUT2D eigenvalue weighted by Gasteiger charge is -2.08. The number of unbranched alkanes of at least 4 members (excludes halogenated alkanes) is 1. The zero-order chi connectivity index (χ0) is 15.0. The van der Waals surface area contributed by atoms with Gasteiger partial charge in [-0.3, -0.25) is 4.79 Å². The number of nitrogens with one attached hydrogen (secondary N) is 2. The Morgan fingerprint density at radius 1 is 1.30 bits per heavy atom. The van der Waals surface area contributed by atoms with Crippen molar-refractivity contribution in [1.82, 2.24) is 10.0 Å². The van der Waals surface area contributed by atoms with Crippen molar-refractivity contribution in [2.24, 2.45) is 0 Å². The minimum Gasteiger partial charge on any atom is -0.508 e. The van der Waals surface area contributed by atoms with E-state index < -0.39 is 10.0 Å². The highest BCUT2D eigenvalue weighted by Gasteiger charge is 2.09. The SMILES string of the molecule is CCCCS(=O)(=O)NCCNC(=O)c1cccc(O)c1. The molecule has 0 saturated carbocycles. The molecule has 0 aliphatic carbocycles. The van der Waals surface area contributed by atoms with E-state index in [0.717, 1.165) is 6.42 Å². The first kappa shape index (κ1) is 16.5. The number of hydrogen-bond acceptors (Lipinski definition) is 4. The van der Waals surface area contributed by atoms with E-state index in [2.05, 4.69) is 10.0 Å². The summed E-state index contributed by atoms with van der Waals surface area (Å²) in [5.41, 5.74) is 0.332. The molecule has 20 heavy (non-hydrogen) atoms. The molecule has 6 nitrogen and oxygen atoms in total. The van der Waals surface area contributed by atoms with Crippen LogP contribution in [0.25, 0.3) is 0 Å². The Bertz CT molecular complexity index is 543. The number of rotatable bonds is 8. The van der Waals surface area contributed by atoms with Crippen molar-refractivity contribution in [3.05, 3.63) is 29.8 Å². The molecule has 0 fully saturated rings. The monoisotopic (exact) mass is 300 g/mol. The Morgan fingerprint density at radius 2 is 2.05 bits per heavy atom. The molecule has 0 heterocycles. The Morgan fingerprint density at radius 3 is 2.70 bits per heavy atom. The highest BCUT2D eigenvalue weighted by Crippen LogP contribution is 2.10. The van der Waals surface area contributed by atoms with Crippen LogP contribution in [0.4, 0.5) is 0 Å². The van der Waals surface area contributed by atoms with Crippen LogP contribution in [-0.4, -0.2) is 38.3 Å². The maximum absolute atomic E-state index is 11.7. The standard InChI is InChI=1S/C13H20N2O4S/c1-2-3-9-20(18,19)15-8-7-14-13(17)11-5-4-6-12(16)10-11/h4-6,10,15-16H,2-3,7-9H2,1H3,(H,14,17). The third-order valence-electron chi connectivity index (χ3n) is 2.61. The van der Waals surface area contributed by atoms with Crippen molar-refractivity contribution in [2.75, 3.05) is 18.8 Å². The number of amides is 1. The van der Waals surface area contributed by atoms with Crippen molar-refractivity contribution in [1.29, 1.82) is 0 Å². The molecule has 1 rings (SSSR count). The van der Waals surface area contributed by atoms with E-state index in [-0.39, 0.29) is 30.5 Å². The first-order chi connectivity index (χ1) is 9.44. The molecule has 1 amide bonds. The van der Waals surface area contributed by atoms with E-state index in [0.29, 0.717) is 12.0 Å². The maximum Gasteiger partial charge on any atom is 0.251 e. The zero-order valence-corrected chi connectivity index (χ0v) is 12.2. The summed E-state index contributed by atoms with van der Waals surface area (Å²) in [5, 5.41) is 11.8. The van der Waals surface area contributed by atoms with Gasteiger partial charge in [0, 0.05) is 18.7 Å². The predicted molar refractivity (Wildman–Crippen MR) is 77.1 cm³/mol. The number of carbonyl (C=O) groups excluding carboxylic acids is 1. The zero-order valence-electron chi connectivity index (χ0n) is 11.4. The molecule has 0 spiro atoms. The number of aromatic hydroxyl groups is 1. The van der Waals surface area contributed by atoms with Gasteiger partial charge in [0.15, 0.2) is 0 Å². The molecular formula is C13H20N2O4S. The fourth-order valence-corrected chi connectivity index (χ4v) is 2.76. The van der Waals surface area contributed by atoms with Crippen molar-refractivity contribution in [3.63, 3.8) is 0 Å². The summed E-state index contributed by atoms with van der Waals surface area (Å²) in [4.78, 5) is 11.7. The topological polar surface area (TPSA) is 95.5 Å². The van der Waals surface area contributed by atoms with Gasteiger partial charge in [-0.1, -0.05) is 19.4 Å². The van der Waals surface area contributed by atoms with Gasteiger partial charge in [0.2, 0.25) is 10.0 Å². The van der Waals surface area contributed by atoms with Crippen molar-refractivity contribution >= 4 is 15.9 Å². The highest BCUT2D eigenvalue weighted by atomic mass is 32.2. The molecule has 0 radical (unpaired) electrons. The molecule has 7 heteroatoms. The number of hydrogen-bond donors (Lipinski definition) is 3. The first-order valence-corrected chi connectivity index (χ1v) is 8.14. The molecular weight excluding hydrogens is 280 g/mol. The van der Waals surface area contributed by atoms with Gasteiger partial charge < -0.3 is 10.4 Å². The van der Waals surface area contributed by atoms with E-state index in [1.165, 1.54) is 12.1 Å². The van der Waals surface area contributed by atoms with Gasteiger partial charge in [-0.2, -0.15) is 0 Å². The van der Waals surface area contributed by atoms with E-state index >= 15 is 0 Å². The van der Waals surface area contributed by atoms with Gasteiger partial charge in [0.25, 0.3) is 5.91 Å². The van der Waals surface area contributed by atoms with Crippen LogP contribution in [0.15, 0.2) is 24.3 Å². The van der Waals surface area contributed by atoms with E-state index in [1.54, 1.807) is 12.1 Å². The van der Waals surface area contributed by atoms with Crippen LogP contribution in [-0.2, 0) is 10.0 Å². The minimum absolute atomic E-state index is 0.0120. The molecule has 0 unspecified atom stereocenters. The second kappa shape index (κ2) is 7.86. The Kier molecular flexibility index (Phi) is 6.47. The van der Waals surface area contributed by atoms with E-state index in [1.807, 2.05) is 6.92 Å². The fourth-order valence-electron chi connectivity index (χ4n) is 1.54. The lowest BCUT2D eigenvalue weighted by molar-refractivity contribution is 0.0954. The second-order valence-corrected chi connectivity index (χ2v) is 6.30. The lowest BCUT2D eigenvalue weighted by Crippen LogP contribution is -2.35. The van der Waals surface area contributed by atoms with Gasteiger partial charge in [-0.15, -0.1) is 0 Å². The summed E-state index contributed by atoms with van der Waals surface area (Å²) in [6, 6.07) is 5.96. The molecule has 0 saturated heterocycles. The van der Waals surface area contributed by atoms with Crippen LogP contribution in [0.3, 0.4) is 0 Å². The highest BCUT2D eigenvalue weighted by molar-refractivity contribution is 7.89. The predicted octanol–water partition coefficient (Wildman–Crippen LogP) is 0.842. The van der Waals surface area contributed by atoms with Crippen LogP contribution in [0.1, 0.15) is 30.1 Å². The largest absolute Gasteiger partial charge is 0.508 e. The molecule has 0 bridgehead atoms. The molecule has 3 N–H and O–H groups in total. The van der Waals surface area contributed by atoms with Crippen LogP contribution in [0.2, 0.25) is 0 Å². The summed E-state index contributed by atoms with van der Waals surface area (Å²) in [7, 11) is -3.25. The Hall–Kier alpha value is -1.60. The van der Waals surface area contributed by atoms with E-state index in [9.17, 15) is 18.3 Å². The number of benzene rings is 1. The smallest absolute Gasteiger partial charge is 0.251 e. The van der Waals surface area contributed by atoms with Gasteiger partial charge >= 0.3 is 0 Å². The number of phenolic OH excluding ortho intramolecular Hbond substituents is 1. The Labute approximate surface area is 119 Å². The molecule has 112 valence electrons. The van der Waals surface area contributed by atoms with Crippen LogP contribution in [0.5, 0.6) is 5.75 Å². The molecule has 0 atom stereocenters. The van der Waals surface area contributed by atoms with Crippen molar-refractivity contribution < 1.29 is 18.3 Å². The molecule has 0 aliphatic heterocycles. The number of carbonyl (C=O) groups is 1. The summed E-state index contributed by atoms with van der Waals surface area (Å²) < 4.78 is 25.4. The van der Waals surface area contributed by atoms with Gasteiger partial charge in [0.1, 0.15) is 5.75 Å². The Balaban J connectivity index is 2.33. The number of sulfonamides is 1. The average molecular weight is 300 g/mol. The summed E-state index contributed by atoms with van der Waals surface area (Å²) in [6.07, 6.45) is 1.43. The van der Waals surface area contributed by atoms with Crippen molar-refractivity contribution in [2.45, 2.75) is 19.8 Å². The molecule has 1 aromatic rings. The van der Waals surface area contributed by atoms with Crippen molar-refractivity contribution in [3.8, 4) is 5.75 Å².